The normalized spacial score (nSPS) is 10.9. The summed E-state index contributed by atoms with van der Waals surface area (Å²) in [6.45, 7) is 3.75. The molecule has 6 heteroatoms. The second-order valence-electron chi connectivity index (χ2n) is 4.25. The number of hydrogen-bond donors (Lipinski definition) is 1. The number of nitrogens with one attached hydrogen (secondary N) is 1. The molecule has 0 saturated heterocycles. The summed E-state index contributed by atoms with van der Waals surface area (Å²) < 4.78 is 6.74. The lowest BCUT2D eigenvalue weighted by atomic mass is 10.4. The molecule has 0 bridgehead atoms. The summed E-state index contributed by atoms with van der Waals surface area (Å²) in [5.74, 6) is 0.491. The van der Waals surface area contributed by atoms with Gasteiger partial charge in [-0.05, 0) is 18.7 Å². The molecule has 5 nitrogen and oxygen atoms in total. The molecule has 0 atom stereocenters. The highest BCUT2D eigenvalue weighted by molar-refractivity contribution is 7.99. The number of pyridine rings is 1. The van der Waals surface area contributed by atoms with Gasteiger partial charge in [0, 0.05) is 18.5 Å². The minimum atomic E-state index is -0.186. The van der Waals surface area contributed by atoms with Gasteiger partial charge < -0.3 is 14.5 Å². The summed E-state index contributed by atoms with van der Waals surface area (Å²) in [6, 6.07) is 5.95. The lowest BCUT2D eigenvalue weighted by Crippen LogP contribution is -2.14. The fourth-order valence-electron chi connectivity index (χ4n) is 1.88. The Bertz CT molecular complexity index is 583. The lowest BCUT2D eigenvalue weighted by Gasteiger charge is -2.05. The van der Waals surface area contributed by atoms with Crippen LogP contribution in [0, 0.1) is 0 Å². The summed E-state index contributed by atoms with van der Waals surface area (Å²) in [6.07, 6.45) is 2.41. The number of ether oxygens (including phenoxy) is 1. The Kier molecular flexibility index (Phi) is 5.43. The van der Waals surface area contributed by atoms with Crippen molar-refractivity contribution in [3.63, 3.8) is 0 Å². The van der Waals surface area contributed by atoms with Crippen molar-refractivity contribution in [3.05, 3.63) is 30.1 Å². The second-order valence-corrected chi connectivity index (χ2v) is 5.33. The van der Waals surface area contributed by atoms with Crippen LogP contribution in [0.25, 0.3) is 5.65 Å². The van der Waals surface area contributed by atoms with Crippen LogP contribution in [0.1, 0.15) is 19.0 Å². The van der Waals surface area contributed by atoms with E-state index in [0.717, 1.165) is 29.5 Å². The van der Waals surface area contributed by atoms with E-state index in [9.17, 15) is 4.79 Å². The van der Waals surface area contributed by atoms with E-state index in [-0.39, 0.29) is 5.97 Å². The molecule has 0 aliphatic rings. The van der Waals surface area contributed by atoms with Crippen LogP contribution in [-0.4, -0.2) is 34.8 Å². The van der Waals surface area contributed by atoms with Crippen LogP contribution in [0.2, 0.25) is 0 Å². The molecular weight excluding hydrogens is 274 g/mol. The molecule has 108 valence electrons. The Morgan fingerprint density at radius 3 is 3.10 bits per heavy atom. The van der Waals surface area contributed by atoms with Crippen molar-refractivity contribution in [2.45, 2.75) is 24.9 Å². The van der Waals surface area contributed by atoms with Crippen LogP contribution in [0.3, 0.4) is 0 Å². The van der Waals surface area contributed by atoms with E-state index in [1.165, 1.54) is 7.11 Å². The van der Waals surface area contributed by atoms with Crippen molar-refractivity contribution < 1.29 is 9.53 Å². The molecule has 2 rings (SSSR count). The Morgan fingerprint density at radius 1 is 1.50 bits per heavy atom. The van der Waals surface area contributed by atoms with Gasteiger partial charge in [0.2, 0.25) is 0 Å². The first kappa shape index (κ1) is 14.9. The van der Waals surface area contributed by atoms with E-state index in [4.69, 9.17) is 0 Å². The molecular formula is C14H19N3O2S. The van der Waals surface area contributed by atoms with Gasteiger partial charge >= 0.3 is 5.97 Å². The predicted octanol–water partition coefficient (Wildman–Crippen LogP) is 2.10. The zero-order valence-corrected chi connectivity index (χ0v) is 12.6. The van der Waals surface area contributed by atoms with E-state index in [1.807, 2.05) is 24.4 Å². The van der Waals surface area contributed by atoms with E-state index in [2.05, 4.69) is 26.4 Å². The number of esters is 1. The number of aromatic nitrogens is 2. The molecule has 1 N–H and O–H groups in total. The number of rotatable bonds is 7. The zero-order chi connectivity index (χ0) is 14.4. The Hall–Kier alpha value is -1.53. The summed E-state index contributed by atoms with van der Waals surface area (Å²) in [7, 11) is 1.41. The third kappa shape index (κ3) is 3.52. The van der Waals surface area contributed by atoms with Crippen molar-refractivity contribution in [3.8, 4) is 0 Å². The fourth-order valence-corrected chi connectivity index (χ4v) is 2.84. The molecule has 2 aromatic heterocycles. The second kappa shape index (κ2) is 7.31. The maximum Gasteiger partial charge on any atom is 0.306 e. The largest absolute Gasteiger partial charge is 0.469 e. The van der Waals surface area contributed by atoms with Crippen LogP contribution in [0.15, 0.2) is 29.4 Å². The summed E-state index contributed by atoms with van der Waals surface area (Å²) in [5, 5.41) is 4.30. The summed E-state index contributed by atoms with van der Waals surface area (Å²) in [4.78, 5) is 15.8. The molecule has 20 heavy (non-hydrogen) atoms. The molecule has 0 aliphatic heterocycles. The molecule has 0 aromatic carbocycles. The summed E-state index contributed by atoms with van der Waals surface area (Å²) in [5.41, 5.74) is 2.07. The molecule has 0 spiro atoms. The first-order valence-corrected chi connectivity index (χ1v) is 7.61. The Balaban J connectivity index is 2.15. The molecule has 0 unspecified atom stereocenters. The average molecular weight is 293 g/mol. The number of carbonyl (C=O) groups excluding carboxylic acids is 1. The minimum absolute atomic E-state index is 0.186. The predicted molar refractivity (Wildman–Crippen MR) is 79.9 cm³/mol. The third-order valence-corrected chi connectivity index (χ3v) is 3.92. The molecule has 2 aromatic rings. The van der Waals surface area contributed by atoms with Gasteiger partial charge in [-0.3, -0.25) is 4.79 Å². The highest BCUT2D eigenvalue weighted by Gasteiger charge is 2.12. The van der Waals surface area contributed by atoms with Crippen molar-refractivity contribution in [1.29, 1.82) is 0 Å². The quantitative estimate of drug-likeness (QED) is 0.626. The number of fused-ring (bicyclic) bond motifs is 1. The van der Waals surface area contributed by atoms with Gasteiger partial charge in [-0.2, -0.15) is 0 Å². The SMILES string of the molecule is CCNCc1c(SCCC(=O)OC)nc2ccccn12. The zero-order valence-electron chi connectivity index (χ0n) is 11.8. The molecule has 0 aliphatic carbocycles. The van der Waals surface area contributed by atoms with Gasteiger partial charge in [-0.25, -0.2) is 4.98 Å². The van der Waals surface area contributed by atoms with Crippen LogP contribution in [0.4, 0.5) is 0 Å². The Labute approximate surface area is 122 Å². The van der Waals surface area contributed by atoms with Crippen LogP contribution >= 0.6 is 11.8 Å². The van der Waals surface area contributed by atoms with E-state index >= 15 is 0 Å². The lowest BCUT2D eigenvalue weighted by molar-refractivity contribution is -0.140. The molecule has 0 radical (unpaired) electrons. The van der Waals surface area contributed by atoms with Crippen LogP contribution in [0.5, 0.6) is 0 Å². The highest BCUT2D eigenvalue weighted by Crippen LogP contribution is 2.24. The maximum atomic E-state index is 11.2. The van der Waals surface area contributed by atoms with Gasteiger partial charge in [-0.1, -0.05) is 13.0 Å². The number of imidazole rings is 1. The van der Waals surface area contributed by atoms with Gasteiger partial charge in [0.15, 0.2) is 0 Å². The summed E-state index contributed by atoms with van der Waals surface area (Å²) >= 11 is 1.59. The van der Waals surface area contributed by atoms with Crippen LogP contribution < -0.4 is 5.32 Å². The van der Waals surface area contributed by atoms with Crippen molar-refractivity contribution in [1.82, 2.24) is 14.7 Å². The maximum absolute atomic E-state index is 11.2. The third-order valence-electron chi connectivity index (χ3n) is 2.91. The first-order chi connectivity index (χ1) is 9.76. The monoisotopic (exact) mass is 293 g/mol. The smallest absolute Gasteiger partial charge is 0.306 e. The standard InChI is InChI=1S/C14H19N3O2S/c1-3-15-10-11-14(20-9-7-13(18)19-2)16-12-6-4-5-8-17(11)12/h4-6,8,15H,3,7,9-10H2,1-2H3. The van der Waals surface area contributed by atoms with E-state index < -0.39 is 0 Å². The van der Waals surface area contributed by atoms with E-state index in [0.29, 0.717) is 12.2 Å². The topological polar surface area (TPSA) is 55.6 Å². The fraction of sp³-hybridized carbons (Fsp3) is 0.429. The van der Waals surface area contributed by atoms with Crippen molar-refractivity contribution >= 4 is 23.4 Å². The average Bonchev–Trinajstić information content (AvgIpc) is 2.82. The number of nitrogens with zero attached hydrogens (tertiary/aromatic N) is 2. The van der Waals surface area contributed by atoms with Crippen LogP contribution in [-0.2, 0) is 16.1 Å². The van der Waals surface area contributed by atoms with Crippen molar-refractivity contribution in [2.75, 3.05) is 19.4 Å². The molecule has 0 amide bonds. The first-order valence-electron chi connectivity index (χ1n) is 6.62. The van der Waals surface area contributed by atoms with Gasteiger partial charge in [0.25, 0.3) is 0 Å². The van der Waals surface area contributed by atoms with Gasteiger partial charge in [0.05, 0.1) is 19.2 Å². The van der Waals surface area contributed by atoms with Gasteiger partial charge in [0.1, 0.15) is 10.7 Å². The minimum Gasteiger partial charge on any atom is -0.469 e. The number of carbonyl (C=O) groups is 1. The molecule has 0 saturated carbocycles. The Morgan fingerprint density at radius 2 is 2.35 bits per heavy atom. The molecule has 2 heterocycles. The molecule has 0 fully saturated rings. The van der Waals surface area contributed by atoms with Crippen molar-refractivity contribution in [2.24, 2.45) is 0 Å². The number of methoxy groups -OCH3 is 1. The number of hydrogen-bond acceptors (Lipinski definition) is 5. The van der Waals surface area contributed by atoms with E-state index in [1.54, 1.807) is 11.8 Å². The van der Waals surface area contributed by atoms with Gasteiger partial charge in [-0.15, -0.1) is 11.8 Å². The number of thioether (sulfide) groups is 1. The highest BCUT2D eigenvalue weighted by atomic mass is 32.2.